The lowest BCUT2D eigenvalue weighted by Crippen LogP contribution is -2.35. The average molecular weight is 619 g/mol. The lowest BCUT2D eigenvalue weighted by molar-refractivity contribution is -0.118. The van der Waals surface area contributed by atoms with Crippen LogP contribution in [0.2, 0.25) is 5.02 Å². The second kappa shape index (κ2) is 14.2. The molecular formula is C35H40ClFN4O3. The Labute approximate surface area is 263 Å². The van der Waals surface area contributed by atoms with Crippen molar-refractivity contribution in [3.8, 4) is 5.88 Å². The van der Waals surface area contributed by atoms with E-state index in [1.807, 2.05) is 19.1 Å². The highest BCUT2D eigenvalue weighted by atomic mass is 35.5. The van der Waals surface area contributed by atoms with E-state index in [-0.39, 0.29) is 18.5 Å². The molecule has 6 rings (SSSR count). The van der Waals surface area contributed by atoms with Crippen LogP contribution in [0.3, 0.4) is 0 Å². The Kier molecular flexibility index (Phi) is 9.89. The fourth-order valence-electron chi connectivity index (χ4n) is 6.12. The van der Waals surface area contributed by atoms with E-state index in [2.05, 4.69) is 33.7 Å². The number of ether oxygens (including phenoxy) is 2. The minimum Gasteiger partial charge on any atom is -0.473 e. The standard InChI is InChI=1S/C35H40ClFN4O3/c1-2-28(42)6-3-5-24-9-12-33-32(19-24)38-34(41(33)21-29-15-18-43-29)22-40-16-13-25(14-17-40)31-7-4-8-35(39-31)44-23-26-10-11-27(36)20-30(26)37/h4,7-12,19-20,25,29H,2-3,5-6,13-18,21-23H2,1H3. The monoisotopic (exact) mass is 618 g/mol. The van der Waals surface area contributed by atoms with Crippen LogP contribution in [0.15, 0.2) is 54.6 Å². The fraction of sp³-hybridized carbons (Fsp3) is 0.457. The van der Waals surface area contributed by atoms with Gasteiger partial charge in [-0.3, -0.25) is 9.69 Å². The van der Waals surface area contributed by atoms with Gasteiger partial charge in [-0.2, -0.15) is 0 Å². The number of piperidine rings is 1. The van der Waals surface area contributed by atoms with Crippen molar-refractivity contribution in [1.82, 2.24) is 19.4 Å². The molecule has 2 fully saturated rings. The minimum atomic E-state index is -0.379. The van der Waals surface area contributed by atoms with Crippen LogP contribution in [0.25, 0.3) is 11.0 Å². The maximum Gasteiger partial charge on any atom is 0.213 e. The predicted octanol–water partition coefficient (Wildman–Crippen LogP) is 7.27. The van der Waals surface area contributed by atoms with Gasteiger partial charge in [0.05, 0.1) is 30.2 Å². The minimum absolute atomic E-state index is 0.102. The molecule has 2 aliphatic rings. The maximum absolute atomic E-state index is 14.2. The second-order valence-electron chi connectivity index (χ2n) is 12.0. The molecule has 2 aromatic heterocycles. The zero-order valence-corrected chi connectivity index (χ0v) is 26.1. The number of Topliss-reactive ketones (excluding diaryl/α,β-unsaturated/α-hetero) is 1. The number of ketones is 1. The number of nitrogens with zero attached hydrogens (tertiary/aromatic N) is 4. The third kappa shape index (κ3) is 7.48. The molecule has 2 aliphatic heterocycles. The van der Waals surface area contributed by atoms with Crippen LogP contribution in [0.5, 0.6) is 5.88 Å². The highest BCUT2D eigenvalue weighted by Gasteiger charge is 2.26. The Morgan fingerprint density at radius 2 is 1.93 bits per heavy atom. The zero-order valence-electron chi connectivity index (χ0n) is 25.3. The number of aromatic nitrogens is 3. The van der Waals surface area contributed by atoms with Crippen LogP contribution >= 0.6 is 11.6 Å². The lowest BCUT2D eigenvalue weighted by atomic mass is 9.93. The molecule has 0 amide bonds. The van der Waals surface area contributed by atoms with Crippen molar-refractivity contribution in [2.24, 2.45) is 0 Å². The van der Waals surface area contributed by atoms with Gasteiger partial charge in [0.15, 0.2) is 0 Å². The van der Waals surface area contributed by atoms with E-state index >= 15 is 0 Å². The van der Waals surface area contributed by atoms with Gasteiger partial charge in [-0.05, 0) is 81.1 Å². The summed E-state index contributed by atoms with van der Waals surface area (Å²) in [6, 6.07) is 17.0. The molecule has 4 heterocycles. The first-order valence-electron chi connectivity index (χ1n) is 15.8. The Morgan fingerprint density at radius 1 is 1.09 bits per heavy atom. The number of pyridine rings is 1. The molecule has 0 bridgehead atoms. The summed E-state index contributed by atoms with van der Waals surface area (Å²) in [5.41, 5.74) is 4.87. The van der Waals surface area contributed by atoms with Crippen LogP contribution in [0.4, 0.5) is 4.39 Å². The summed E-state index contributed by atoms with van der Waals surface area (Å²) < 4.78 is 28.2. The molecule has 1 atom stereocenters. The molecule has 0 saturated carbocycles. The van der Waals surface area contributed by atoms with Crippen molar-refractivity contribution in [2.45, 2.75) is 83.6 Å². The highest BCUT2D eigenvalue weighted by Crippen LogP contribution is 2.30. The van der Waals surface area contributed by atoms with Crippen molar-refractivity contribution in [3.63, 3.8) is 0 Å². The van der Waals surface area contributed by atoms with E-state index in [4.69, 9.17) is 31.0 Å². The molecule has 0 radical (unpaired) electrons. The average Bonchev–Trinajstić information content (AvgIpc) is 3.34. The molecule has 1 unspecified atom stereocenters. The number of carbonyl (C=O) groups is 1. The molecule has 232 valence electrons. The van der Waals surface area contributed by atoms with E-state index in [0.717, 1.165) is 87.4 Å². The number of likely N-dealkylation sites (tertiary alicyclic amines) is 1. The predicted molar refractivity (Wildman–Crippen MR) is 170 cm³/mol. The molecule has 0 spiro atoms. The van der Waals surface area contributed by atoms with Gasteiger partial charge in [0.25, 0.3) is 0 Å². The second-order valence-corrected chi connectivity index (χ2v) is 12.4. The fourth-order valence-corrected chi connectivity index (χ4v) is 6.28. The van der Waals surface area contributed by atoms with E-state index in [1.165, 1.54) is 11.6 Å². The van der Waals surface area contributed by atoms with Crippen LogP contribution in [0.1, 0.15) is 74.0 Å². The molecule has 2 aromatic carbocycles. The first-order valence-corrected chi connectivity index (χ1v) is 16.2. The van der Waals surface area contributed by atoms with Crippen molar-refractivity contribution in [2.75, 3.05) is 19.7 Å². The smallest absolute Gasteiger partial charge is 0.213 e. The zero-order chi connectivity index (χ0) is 30.5. The number of rotatable bonds is 13. The van der Waals surface area contributed by atoms with Gasteiger partial charge in [0, 0.05) is 47.7 Å². The normalized spacial score (nSPS) is 17.6. The summed E-state index contributed by atoms with van der Waals surface area (Å²) in [4.78, 5) is 24.1. The topological polar surface area (TPSA) is 69.5 Å². The number of fused-ring (bicyclic) bond motifs is 1. The molecule has 2 saturated heterocycles. The van der Waals surface area contributed by atoms with Crippen molar-refractivity contribution >= 4 is 28.4 Å². The maximum atomic E-state index is 14.2. The molecule has 44 heavy (non-hydrogen) atoms. The van der Waals surface area contributed by atoms with Crippen molar-refractivity contribution < 1.29 is 18.7 Å². The largest absolute Gasteiger partial charge is 0.473 e. The number of halogens is 2. The number of hydrogen-bond acceptors (Lipinski definition) is 6. The number of benzene rings is 2. The number of hydrogen-bond donors (Lipinski definition) is 0. The van der Waals surface area contributed by atoms with Gasteiger partial charge in [-0.1, -0.05) is 36.7 Å². The van der Waals surface area contributed by atoms with Crippen LogP contribution < -0.4 is 4.74 Å². The quantitative estimate of drug-likeness (QED) is 0.157. The first-order chi connectivity index (χ1) is 21.4. The van der Waals surface area contributed by atoms with Gasteiger partial charge in [-0.15, -0.1) is 0 Å². The summed E-state index contributed by atoms with van der Waals surface area (Å²) in [6.45, 7) is 6.38. The Bertz CT molecular complexity index is 1600. The van der Waals surface area contributed by atoms with Crippen LogP contribution in [0, 0.1) is 5.82 Å². The molecule has 9 heteroatoms. The van der Waals surface area contributed by atoms with Gasteiger partial charge in [0.1, 0.15) is 24.0 Å². The summed E-state index contributed by atoms with van der Waals surface area (Å²) in [5.74, 6) is 1.86. The van der Waals surface area contributed by atoms with Crippen LogP contribution in [-0.2, 0) is 35.6 Å². The first kappa shape index (κ1) is 30.7. The highest BCUT2D eigenvalue weighted by molar-refractivity contribution is 6.30. The number of carbonyl (C=O) groups excluding carboxylic acids is 1. The van der Waals surface area contributed by atoms with Gasteiger partial charge < -0.3 is 14.0 Å². The number of imidazole rings is 1. The van der Waals surface area contributed by atoms with Crippen LogP contribution in [-0.4, -0.2) is 51.0 Å². The third-order valence-corrected chi connectivity index (χ3v) is 9.13. The van der Waals surface area contributed by atoms with Gasteiger partial charge in [-0.25, -0.2) is 14.4 Å². The summed E-state index contributed by atoms with van der Waals surface area (Å²) >= 11 is 5.87. The number of aryl methyl sites for hydroxylation is 1. The van der Waals surface area contributed by atoms with Crippen molar-refractivity contribution in [3.05, 3.63) is 88.1 Å². The molecule has 0 aliphatic carbocycles. The van der Waals surface area contributed by atoms with E-state index in [9.17, 15) is 9.18 Å². The lowest BCUT2D eigenvalue weighted by Gasteiger charge is -2.32. The Hall–Kier alpha value is -3.33. The molecular weight excluding hydrogens is 579 g/mol. The third-order valence-electron chi connectivity index (χ3n) is 8.89. The molecule has 4 aromatic rings. The van der Waals surface area contributed by atoms with E-state index in [0.29, 0.717) is 41.0 Å². The van der Waals surface area contributed by atoms with Crippen molar-refractivity contribution in [1.29, 1.82) is 0 Å². The van der Waals surface area contributed by atoms with E-state index < -0.39 is 0 Å². The van der Waals surface area contributed by atoms with E-state index in [1.54, 1.807) is 12.1 Å². The summed E-state index contributed by atoms with van der Waals surface area (Å²) in [5, 5.41) is 0.365. The Balaban J connectivity index is 1.08. The molecule has 0 N–H and O–H groups in total. The molecule has 7 nitrogen and oxygen atoms in total. The van der Waals surface area contributed by atoms with Gasteiger partial charge in [0.2, 0.25) is 5.88 Å². The van der Waals surface area contributed by atoms with Gasteiger partial charge >= 0.3 is 0 Å². The summed E-state index contributed by atoms with van der Waals surface area (Å²) in [6.07, 6.45) is 6.33. The SMILES string of the molecule is CCC(=O)CCCc1ccc2c(c1)nc(CN1CCC(c3cccc(OCc4ccc(Cl)cc4F)n3)CC1)n2CC1CCO1. The Morgan fingerprint density at radius 3 is 2.68 bits per heavy atom. The summed E-state index contributed by atoms with van der Waals surface area (Å²) in [7, 11) is 0.